The van der Waals surface area contributed by atoms with Crippen molar-refractivity contribution in [2.24, 2.45) is 29.4 Å². The van der Waals surface area contributed by atoms with Crippen molar-refractivity contribution < 1.29 is 24.6 Å². The Kier molecular flexibility index (Phi) is 5.50. The van der Waals surface area contributed by atoms with Gasteiger partial charge in [-0.05, 0) is 12.3 Å². The zero-order valence-electron chi connectivity index (χ0n) is 11.8. The topological polar surface area (TPSA) is 121 Å². The van der Waals surface area contributed by atoms with Crippen molar-refractivity contribution in [3.05, 3.63) is 0 Å². The molecule has 1 amide bonds. The molecular formula is C13H22N2O5. The summed E-state index contributed by atoms with van der Waals surface area (Å²) in [7, 11) is 0. The Hall–Kier alpha value is -1.63. The molecule has 1 aliphatic rings. The molecule has 0 spiro atoms. The maximum absolute atomic E-state index is 12.3. The molecule has 0 aromatic heterocycles. The lowest BCUT2D eigenvalue weighted by Crippen LogP contribution is -2.51. The number of hydrogen-bond donors (Lipinski definition) is 3. The first-order valence-corrected chi connectivity index (χ1v) is 6.74. The highest BCUT2D eigenvalue weighted by Gasteiger charge is 2.41. The number of nitrogens with two attached hydrogens (primary N) is 1. The lowest BCUT2D eigenvalue weighted by molar-refractivity contribution is -0.160. The van der Waals surface area contributed by atoms with Gasteiger partial charge in [0.1, 0.15) is 0 Å². The number of likely N-dealkylation sites (tertiary alicyclic amines) is 1. The molecule has 1 saturated heterocycles. The van der Waals surface area contributed by atoms with E-state index >= 15 is 0 Å². The number of aliphatic carboxylic acids is 2. The fraction of sp³-hybridized carbons (Fsp3) is 0.769. The third kappa shape index (κ3) is 3.47. The van der Waals surface area contributed by atoms with Crippen LogP contribution >= 0.6 is 0 Å². The average Bonchev–Trinajstić information content (AvgIpc) is 2.37. The molecule has 0 bridgehead atoms. The third-order valence-corrected chi connectivity index (χ3v) is 3.93. The largest absolute Gasteiger partial charge is 0.481 e. The number of carbonyl (C=O) groups is 3. The summed E-state index contributed by atoms with van der Waals surface area (Å²) in [6.07, 6.45) is 0.160. The lowest BCUT2D eigenvalue weighted by atomic mass is 9.84. The van der Waals surface area contributed by atoms with Gasteiger partial charge in [-0.2, -0.15) is 0 Å². The van der Waals surface area contributed by atoms with Crippen LogP contribution in [-0.2, 0) is 14.4 Å². The van der Waals surface area contributed by atoms with Crippen molar-refractivity contribution in [3.8, 4) is 0 Å². The van der Waals surface area contributed by atoms with E-state index in [2.05, 4.69) is 0 Å². The van der Waals surface area contributed by atoms with Crippen molar-refractivity contribution in [2.45, 2.75) is 20.3 Å². The molecular weight excluding hydrogens is 264 g/mol. The van der Waals surface area contributed by atoms with Crippen LogP contribution < -0.4 is 5.73 Å². The molecule has 4 N–H and O–H groups in total. The fourth-order valence-electron chi connectivity index (χ4n) is 2.59. The van der Waals surface area contributed by atoms with Crippen LogP contribution in [0, 0.1) is 23.7 Å². The maximum atomic E-state index is 12.3. The molecule has 0 radical (unpaired) electrons. The second kappa shape index (κ2) is 6.69. The van der Waals surface area contributed by atoms with Gasteiger partial charge in [0, 0.05) is 19.6 Å². The van der Waals surface area contributed by atoms with E-state index in [9.17, 15) is 14.4 Å². The zero-order valence-corrected chi connectivity index (χ0v) is 11.8. The Bertz CT molecular complexity index is 396. The number of piperidine rings is 1. The standard InChI is InChI=1S/C13H22N2O5/c1-7(2)9(5-14)11(16)15-4-3-8(12(17)18)10(6-15)13(19)20/h7-10H,3-6,14H2,1-2H3,(H,17,18)(H,19,20). The van der Waals surface area contributed by atoms with E-state index in [1.807, 2.05) is 13.8 Å². The minimum atomic E-state index is -1.18. The molecule has 0 saturated carbocycles. The average molecular weight is 286 g/mol. The van der Waals surface area contributed by atoms with E-state index in [4.69, 9.17) is 15.9 Å². The van der Waals surface area contributed by atoms with Gasteiger partial charge in [0.25, 0.3) is 0 Å². The van der Waals surface area contributed by atoms with Crippen LogP contribution in [0.25, 0.3) is 0 Å². The van der Waals surface area contributed by atoms with Gasteiger partial charge in [-0.3, -0.25) is 14.4 Å². The van der Waals surface area contributed by atoms with E-state index in [0.29, 0.717) is 0 Å². The van der Waals surface area contributed by atoms with Gasteiger partial charge < -0.3 is 20.8 Å². The van der Waals surface area contributed by atoms with Gasteiger partial charge in [0.05, 0.1) is 17.8 Å². The molecule has 114 valence electrons. The predicted molar refractivity (Wildman–Crippen MR) is 70.8 cm³/mol. The van der Waals surface area contributed by atoms with Gasteiger partial charge >= 0.3 is 11.9 Å². The summed E-state index contributed by atoms with van der Waals surface area (Å²) in [6.45, 7) is 4.17. The number of hydrogen-bond acceptors (Lipinski definition) is 4. The molecule has 1 heterocycles. The van der Waals surface area contributed by atoms with Crippen LogP contribution in [0.5, 0.6) is 0 Å². The highest BCUT2D eigenvalue weighted by molar-refractivity contribution is 5.83. The Morgan fingerprint density at radius 3 is 2.15 bits per heavy atom. The van der Waals surface area contributed by atoms with E-state index in [1.54, 1.807) is 0 Å². The quantitative estimate of drug-likeness (QED) is 0.646. The Balaban J connectivity index is 2.83. The minimum absolute atomic E-state index is 0.0612. The van der Waals surface area contributed by atoms with Crippen LogP contribution in [0.2, 0.25) is 0 Å². The van der Waals surface area contributed by atoms with Crippen molar-refractivity contribution in [3.63, 3.8) is 0 Å². The van der Waals surface area contributed by atoms with Crippen molar-refractivity contribution in [2.75, 3.05) is 19.6 Å². The number of carbonyl (C=O) groups excluding carboxylic acids is 1. The van der Waals surface area contributed by atoms with Gasteiger partial charge in [-0.15, -0.1) is 0 Å². The summed E-state index contributed by atoms with van der Waals surface area (Å²) in [5, 5.41) is 18.2. The zero-order chi connectivity index (χ0) is 15.4. The normalized spacial score (nSPS) is 24.5. The van der Waals surface area contributed by atoms with Crippen molar-refractivity contribution in [1.29, 1.82) is 0 Å². The smallest absolute Gasteiger partial charge is 0.309 e. The van der Waals surface area contributed by atoms with Crippen LogP contribution in [0.1, 0.15) is 20.3 Å². The highest BCUT2D eigenvalue weighted by Crippen LogP contribution is 2.26. The van der Waals surface area contributed by atoms with Crippen LogP contribution in [0.3, 0.4) is 0 Å². The number of nitrogens with zero attached hydrogens (tertiary/aromatic N) is 1. The molecule has 1 aliphatic heterocycles. The number of carboxylic acids is 2. The molecule has 3 atom stereocenters. The first-order chi connectivity index (χ1) is 9.29. The highest BCUT2D eigenvalue weighted by atomic mass is 16.4. The Morgan fingerprint density at radius 2 is 1.75 bits per heavy atom. The van der Waals surface area contributed by atoms with Gasteiger partial charge in [0.2, 0.25) is 5.91 Å². The van der Waals surface area contributed by atoms with Gasteiger partial charge in [0.15, 0.2) is 0 Å². The molecule has 7 nitrogen and oxygen atoms in total. The number of amides is 1. The molecule has 0 aliphatic carbocycles. The maximum Gasteiger partial charge on any atom is 0.309 e. The molecule has 3 unspecified atom stereocenters. The monoisotopic (exact) mass is 286 g/mol. The molecule has 1 fully saturated rings. The Labute approximate surface area is 117 Å². The molecule has 0 aromatic rings. The predicted octanol–water partition coefficient (Wildman–Crippen LogP) is -0.149. The molecule has 1 rings (SSSR count). The summed E-state index contributed by atoms with van der Waals surface area (Å²) in [5.41, 5.74) is 5.59. The number of carboxylic acid groups (broad SMARTS) is 2. The van der Waals surface area contributed by atoms with E-state index in [-0.39, 0.29) is 43.8 Å². The van der Waals surface area contributed by atoms with E-state index in [1.165, 1.54) is 4.90 Å². The summed E-state index contributed by atoms with van der Waals surface area (Å²) >= 11 is 0. The van der Waals surface area contributed by atoms with Crippen LogP contribution in [-0.4, -0.2) is 52.6 Å². The van der Waals surface area contributed by atoms with Gasteiger partial charge in [-0.25, -0.2) is 0 Å². The van der Waals surface area contributed by atoms with Crippen LogP contribution in [0.15, 0.2) is 0 Å². The fourth-order valence-corrected chi connectivity index (χ4v) is 2.59. The van der Waals surface area contributed by atoms with Crippen molar-refractivity contribution >= 4 is 17.8 Å². The Morgan fingerprint density at radius 1 is 1.20 bits per heavy atom. The SMILES string of the molecule is CC(C)C(CN)C(=O)N1CCC(C(=O)O)C(C(=O)O)C1. The third-order valence-electron chi connectivity index (χ3n) is 3.93. The van der Waals surface area contributed by atoms with Crippen molar-refractivity contribution in [1.82, 2.24) is 4.90 Å². The first kappa shape index (κ1) is 16.4. The summed E-state index contributed by atoms with van der Waals surface area (Å²) in [6, 6.07) is 0. The van der Waals surface area contributed by atoms with Crippen LogP contribution in [0.4, 0.5) is 0 Å². The second-order valence-electron chi connectivity index (χ2n) is 5.55. The molecule has 0 aromatic carbocycles. The van der Waals surface area contributed by atoms with Gasteiger partial charge in [-0.1, -0.05) is 13.8 Å². The molecule has 7 heteroatoms. The minimum Gasteiger partial charge on any atom is -0.481 e. The molecule has 20 heavy (non-hydrogen) atoms. The summed E-state index contributed by atoms with van der Waals surface area (Å²) < 4.78 is 0. The summed E-state index contributed by atoms with van der Waals surface area (Å²) in [5.74, 6) is -4.77. The summed E-state index contributed by atoms with van der Waals surface area (Å²) in [4.78, 5) is 36.0. The van der Waals surface area contributed by atoms with E-state index < -0.39 is 23.8 Å². The number of rotatable bonds is 5. The lowest BCUT2D eigenvalue weighted by Gasteiger charge is -2.37. The second-order valence-corrected chi connectivity index (χ2v) is 5.55. The first-order valence-electron chi connectivity index (χ1n) is 6.74. The van der Waals surface area contributed by atoms with E-state index in [0.717, 1.165) is 0 Å².